The van der Waals surface area contributed by atoms with Crippen LogP contribution < -0.4 is 4.74 Å². The second-order valence-electron chi connectivity index (χ2n) is 6.83. The molecule has 0 radical (unpaired) electrons. The summed E-state index contributed by atoms with van der Waals surface area (Å²) in [4.78, 5) is 15.9. The van der Waals surface area contributed by atoms with Crippen LogP contribution in [0, 0.1) is 6.92 Å². The van der Waals surface area contributed by atoms with Crippen LogP contribution in [0.15, 0.2) is 64.1 Å². The van der Waals surface area contributed by atoms with E-state index in [1.165, 1.54) is 24.5 Å². The number of carboxylic acids is 1. The van der Waals surface area contributed by atoms with Gasteiger partial charge in [-0.25, -0.2) is 9.78 Å². The lowest BCUT2D eigenvalue weighted by Crippen LogP contribution is -2.02. The van der Waals surface area contributed by atoms with E-state index in [0.717, 1.165) is 38.4 Å². The quantitative estimate of drug-likeness (QED) is 0.288. The highest BCUT2D eigenvalue weighted by molar-refractivity contribution is 7.17. The Bertz CT molecular complexity index is 1240. The molecule has 2 aromatic heterocycles. The molecule has 7 heteroatoms. The van der Waals surface area contributed by atoms with E-state index in [1.807, 2.05) is 60.8 Å². The minimum absolute atomic E-state index is 0.112. The highest BCUT2D eigenvalue weighted by Crippen LogP contribution is 2.35. The van der Waals surface area contributed by atoms with E-state index in [2.05, 4.69) is 4.98 Å². The van der Waals surface area contributed by atoms with Crippen LogP contribution in [-0.2, 0) is 16.0 Å². The molecule has 0 unspecified atom stereocenters. The molecule has 1 N–H and O–H groups in total. The molecule has 0 aliphatic rings. The third-order valence-corrected chi connectivity index (χ3v) is 5.85. The Morgan fingerprint density at radius 1 is 1.19 bits per heavy atom. The molecule has 4 aromatic rings. The van der Waals surface area contributed by atoms with Crippen molar-refractivity contribution in [2.24, 2.45) is 0 Å². The molecule has 0 bridgehead atoms. The van der Waals surface area contributed by atoms with Gasteiger partial charge in [0.1, 0.15) is 11.5 Å². The molecular weight excluding hydrogens is 414 g/mol. The number of aliphatic carboxylic acids is 1. The lowest BCUT2D eigenvalue weighted by atomic mass is 10.1. The smallest absolute Gasteiger partial charge is 0.371 e. The Morgan fingerprint density at radius 2 is 2.00 bits per heavy atom. The summed E-state index contributed by atoms with van der Waals surface area (Å²) in [5, 5.41) is 12.1. The highest BCUT2D eigenvalue weighted by Gasteiger charge is 2.14. The van der Waals surface area contributed by atoms with Gasteiger partial charge in [0.15, 0.2) is 0 Å². The van der Waals surface area contributed by atoms with Gasteiger partial charge in [-0.3, -0.25) is 0 Å². The minimum Gasteiger partial charge on any atom is -0.492 e. The van der Waals surface area contributed by atoms with Gasteiger partial charge in [0, 0.05) is 27.5 Å². The summed E-state index contributed by atoms with van der Waals surface area (Å²) in [5.41, 5.74) is 2.59. The lowest BCUT2D eigenvalue weighted by Gasteiger charge is -2.05. The van der Waals surface area contributed by atoms with Crippen molar-refractivity contribution in [1.29, 1.82) is 0 Å². The van der Waals surface area contributed by atoms with Gasteiger partial charge in [0.25, 0.3) is 0 Å². The molecule has 0 aliphatic heterocycles. The molecule has 0 spiro atoms. The number of thiophene rings is 1. The SMILES string of the molecule is CO/C(=C\c1cccc2c(OCCc3nc(-c4ccccc4)oc3C)csc12)C(=O)O. The summed E-state index contributed by atoms with van der Waals surface area (Å²) in [7, 11) is 1.35. The third kappa shape index (κ3) is 4.46. The van der Waals surface area contributed by atoms with Crippen molar-refractivity contribution in [3.63, 3.8) is 0 Å². The van der Waals surface area contributed by atoms with Gasteiger partial charge < -0.3 is 19.0 Å². The number of aromatic nitrogens is 1. The first-order valence-corrected chi connectivity index (χ1v) is 10.6. The highest BCUT2D eigenvalue weighted by atomic mass is 32.1. The number of rotatable bonds is 8. The monoisotopic (exact) mass is 435 g/mol. The Morgan fingerprint density at radius 3 is 2.74 bits per heavy atom. The summed E-state index contributed by atoms with van der Waals surface area (Å²) >= 11 is 1.50. The maximum atomic E-state index is 11.2. The number of carbonyl (C=O) groups is 1. The third-order valence-electron chi connectivity index (χ3n) is 4.82. The standard InChI is InChI=1S/C24H21NO5S/c1-15-19(25-23(30-15)16-7-4-3-5-8-16)11-12-29-21-14-31-22-17(9-6-10-18(21)22)13-20(28-2)24(26)27/h3-10,13-14H,11-12H2,1-2H3,(H,26,27)/b20-13-. The fraction of sp³-hybridized carbons (Fsp3) is 0.167. The first kappa shape index (κ1) is 20.7. The Hall–Kier alpha value is -3.58. The maximum Gasteiger partial charge on any atom is 0.371 e. The summed E-state index contributed by atoms with van der Waals surface area (Å²) in [6.45, 7) is 2.36. The number of aryl methyl sites for hydroxylation is 1. The fourth-order valence-electron chi connectivity index (χ4n) is 3.25. The molecule has 6 nitrogen and oxygen atoms in total. The van der Waals surface area contributed by atoms with Crippen LogP contribution in [0.3, 0.4) is 0 Å². The Balaban J connectivity index is 1.49. The largest absolute Gasteiger partial charge is 0.492 e. The molecule has 0 saturated carbocycles. The van der Waals surface area contributed by atoms with E-state index in [9.17, 15) is 9.90 Å². The van der Waals surface area contributed by atoms with Crippen molar-refractivity contribution < 1.29 is 23.8 Å². The van der Waals surface area contributed by atoms with Crippen molar-refractivity contribution >= 4 is 33.5 Å². The van der Waals surface area contributed by atoms with Crippen molar-refractivity contribution in [3.05, 3.63) is 76.7 Å². The molecule has 2 aromatic carbocycles. The molecule has 0 amide bonds. The fourth-order valence-corrected chi connectivity index (χ4v) is 4.23. The summed E-state index contributed by atoms with van der Waals surface area (Å²) in [6, 6.07) is 15.5. The summed E-state index contributed by atoms with van der Waals surface area (Å²) < 4.78 is 17.7. The van der Waals surface area contributed by atoms with Crippen LogP contribution in [0.2, 0.25) is 0 Å². The van der Waals surface area contributed by atoms with E-state index in [-0.39, 0.29) is 5.76 Å². The van der Waals surface area contributed by atoms with Gasteiger partial charge in [-0.15, -0.1) is 11.3 Å². The zero-order chi connectivity index (χ0) is 21.8. The number of carboxylic acid groups (broad SMARTS) is 1. The number of benzene rings is 2. The van der Waals surface area contributed by atoms with Gasteiger partial charge >= 0.3 is 5.97 Å². The van der Waals surface area contributed by atoms with Crippen LogP contribution >= 0.6 is 11.3 Å². The van der Waals surface area contributed by atoms with Gasteiger partial charge in [-0.1, -0.05) is 30.3 Å². The molecular formula is C24H21NO5S. The van der Waals surface area contributed by atoms with Crippen molar-refractivity contribution in [2.75, 3.05) is 13.7 Å². The molecule has 2 heterocycles. The molecule has 0 fully saturated rings. The average molecular weight is 436 g/mol. The van der Waals surface area contributed by atoms with Crippen molar-refractivity contribution in [1.82, 2.24) is 4.98 Å². The average Bonchev–Trinajstić information content (AvgIpc) is 3.36. The first-order chi connectivity index (χ1) is 15.1. The second-order valence-corrected chi connectivity index (χ2v) is 7.71. The van der Waals surface area contributed by atoms with E-state index in [4.69, 9.17) is 13.9 Å². The molecule has 0 atom stereocenters. The predicted octanol–water partition coefficient (Wildman–Crippen LogP) is 5.56. The number of oxazole rings is 1. The molecule has 4 rings (SSSR count). The first-order valence-electron chi connectivity index (χ1n) is 9.70. The number of ether oxygens (including phenoxy) is 2. The van der Waals surface area contributed by atoms with E-state index < -0.39 is 5.97 Å². The van der Waals surface area contributed by atoms with Crippen molar-refractivity contribution in [3.8, 4) is 17.2 Å². The van der Waals surface area contributed by atoms with Crippen LogP contribution in [0.25, 0.3) is 27.6 Å². The number of hydrogen-bond acceptors (Lipinski definition) is 6. The summed E-state index contributed by atoms with van der Waals surface area (Å²) in [5.74, 6) is 0.933. The van der Waals surface area contributed by atoms with Crippen molar-refractivity contribution in [2.45, 2.75) is 13.3 Å². The predicted molar refractivity (Wildman–Crippen MR) is 120 cm³/mol. The Kier molecular flexibility index (Phi) is 6.04. The number of fused-ring (bicyclic) bond motifs is 1. The number of nitrogens with zero attached hydrogens (tertiary/aromatic N) is 1. The van der Waals surface area contributed by atoms with Gasteiger partial charge in [0.05, 0.1) is 19.4 Å². The maximum absolute atomic E-state index is 11.2. The van der Waals surface area contributed by atoms with Crippen LogP contribution in [0.5, 0.6) is 5.75 Å². The van der Waals surface area contributed by atoms with Gasteiger partial charge in [-0.05, 0) is 36.8 Å². The molecule has 31 heavy (non-hydrogen) atoms. The lowest BCUT2D eigenvalue weighted by molar-refractivity contribution is -0.135. The zero-order valence-corrected chi connectivity index (χ0v) is 17.9. The van der Waals surface area contributed by atoms with Gasteiger partial charge in [0.2, 0.25) is 11.6 Å². The zero-order valence-electron chi connectivity index (χ0n) is 17.1. The Labute approximate surface area is 183 Å². The minimum atomic E-state index is -1.11. The summed E-state index contributed by atoms with van der Waals surface area (Å²) in [6.07, 6.45) is 2.14. The van der Waals surface area contributed by atoms with Crippen LogP contribution in [0.4, 0.5) is 0 Å². The van der Waals surface area contributed by atoms with E-state index >= 15 is 0 Å². The molecule has 0 saturated heterocycles. The number of methoxy groups -OCH3 is 1. The molecule has 0 aliphatic carbocycles. The normalized spacial score (nSPS) is 11.6. The number of hydrogen-bond donors (Lipinski definition) is 1. The topological polar surface area (TPSA) is 81.8 Å². The van der Waals surface area contributed by atoms with E-state index in [1.54, 1.807) is 0 Å². The second kappa shape index (κ2) is 9.06. The molecule has 158 valence electrons. The van der Waals surface area contributed by atoms with Gasteiger partial charge in [-0.2, -0.15) is 0 Å². The van der Waals surface area contributed by atoms with E-state index in [0.29, 0.717) is 18.9 Å². The van der Waals surface area contributed by atoms with Crippen LogP contribution in [-0.4, -0.2) is 29.8 Å². The van der Waals surface area contributed by atoms with Crippen LogP contribution in [0.1, 0.15) is 17.0 Å².